The molecule has 0 radical (unpaired) electrons. The fourth-order valence-electron chi connectivity index (χ4n) is 2.45. The molecule has 0 spiro atoms. The van der Waals surface area contributed by atoms with Gasteiger partial charge in [-0.05, 0) is 56.3 Å². The molecule has 1 amide bonds. The number of carbonyl (C=O) groups is 1. The van der Waals surface area contributed by atoms with Crippen molar-refractivity contribution in [1.29, 1.82) is 0 Å². The molecule has 0 aliphatic rings. The molecule has 0 fully saturated rings. The van der Waals surface area contributed by atoms with E-state index in [1.807, 2.05) is 13.8 Å². The Kier molecular flexibility index (Phi) is 6.92. The summed E-state index contributed by atoms with van der Waals surface area (Å²) in [7, 11) is -3.96. The first-order valence-corrected chi connectivity index (χ1v) is 10.1. The van der Waals surface area contributed by atoms with Gasteiger partial charge in [0.05, 0.1) is 4.90 Å². The maximum atomic E-state index is 13.7. The van der Waals surface area contributed by atoms with E-state index in [1.54, 1.807) is 19.1 Å². The van der Waals surface area contributed by atoms with Gasteiger partial charge in [0.15, 0.2) is 0 Å². The molecule has 3 N–H and O–H groups in total. The van der Waals surface area contributed by atoms with Crippen LogP contribution in [0.3, 0.4) is 0 Å². The van der Waals surface area contributed by atoms with Gasteiger partial charge in [0, 0.05) is 23.8 Å². The summed E-state index contributed by atoms with van der Waals surface area (Å²) in [5.74, 6) is -0.900. The number of rotatable bonds is 8. The minimum atomic E-state index is -3.96. The SMILES string of the molecule is CCN[C@H](C)CNC(=O)c1cccc(NS(=O)(=O)c2ccc(C)c(F)c2)c1. The van der Waals surface area contributed by atoms with Crippen LogP contribution in [0.15, 0.2) is 47.4 Å². The Morgan fingerprint density at radius 3 is 2.59 bits per heavy atom. The number of likely N-dealkylation sites (N-methyl/N-ethyl adjacent to an activating group) is 1. The third kappa shape index (κ3) is 5.77. The van der Waals surface area contributed by atoms with Crippen molar-refractivity contribution in [3.05, 3.63) is 59.4 Å². The van der Waals surface area contributed by atoms with Crippen molar-refractivity contribution >= 4 is 21.6 Å². The Labute approximate surface area is 159 Å². The Balaban J connectivity index is 2.12. The summed E-state index contributed by atoms with van der Waals surface area (Å²) < 4.78 is 40.9. The fraction of sp³-hybridized carbons (Fsp3) is 0.316. The summed E-state index contributed by atoms with van der Waals surface area (Å²) in [6.45, 7) is 6.74. The number of nitrogens with one attached hydrogen (secondary N) is 3. The quantitative estimate of drug-likeness (QED) is 0.643. The van der Waals surface area contributed by atoms with Crippen molar-refractivity contribution in [1.82, 2.24) is 10.6 Å². The monoisotopic (exact) mass is 393 g/mol. The topological polar surface area (TPSA) is 87.3 Å². The summed E-state index contributed by atoms with van der Waals surface area (Å²) >= 11 is 0. The molecule has 6 nitrogen and oxygen atoms in total. The van der Waals surface area contributed by atoms with Crippen LogP contribution in [0.2, 0.25) is 0 Å². The van der Waals surface area contributed by atoms with Gasteiger partial charge in [-0.25, -0.2) is 12.8 Å². The lowest BCUT2D eigenvalue weighted by Crippen LogP contribution is -2.38. The molecule has 2 aromatic carbocycles. The van der Waals surface area contributed by atoms with Crippen molar-refractivity contribution in [2.75, 3.05) is 17.8 Å². The van der Waals surface area contributed by atoms with Crippen LogP contribution in [0.1, 0.15) is 29.8 Å². The highest BCUT2D eigenvalue weighted by molar-refractivity contribution is 7.92. The average molecular weight is 393 g/mol. The second kappa shape index (κ2) is 8.96. The van der Waals surface area contributed by atoms with Gasteiger partial charge in [-0.2, -0.15) is 0 Å². The van der Waals surface area contributed by atoms with E-state index in [-0.39, 0.29) is 22.5 Å². The molecule has 0 saturated heterocycles. The van der Waals surface area contributed by atoms with E-state index in [4.69, 9.17) is 0 Å². The van der Waals surface area contributed by atoms with Crippen molar-refractivity contribution in [2.24, 2.45) is 0 Å². The third-order valence-electron chi connectivity index (χ3n) is 3.95. The van der Waals surface area contributed by atoms with E-state index >= 15 is 0 Å². The fourth-order valence-corrected chi connectivity index (χ4v) is 3.51. The van der Waals surface area contributed by atoms with Crippen LogP contribution in [0.4, 0.5) is 10.1 Å². The van der Waals surface area contributed by atoms with Crippen molar-refractivity contribution in [2.45, 2.75) is 31.7 Å². The number of amides is 1. The lowest BCUT2D eigenvalue weighted by Gasteiger charge is -2.14. The number of anilines is 1. The molecule has 0 unspecified atom stereocenters. The van der Waals surface area contributed by atoms with Gasteiger partial charge < -0.3 is 10.6 Å². The molecule has 146 valence electrons. The molecule has 27 heavy (non-hydrogen) atoms. The zero-order chi connectivity index (χ0) is 20.0. The Hall–Kier alpha value is -2.45. The summed E-state index contributed by atoms with van der Waals surface area (Å²) in [6.07, 6.45) is 0. The van der Waals surface area contributed by atoms with E-state index in [2.05, 4.69) is 15.4 Å². The van der Waals surface area contributed by atoms with Gasteiger partial charge in [0.1, 0.15) is 5.82 Å². The number of aryl methyl sites for hydroxylation is 1. The molecule has 2 aromatic rings. The predicted octanol–water partition coefficient (Wildman–Crippen LogP) is 2.66. The lowest BCUT2D eigenvalue weighted by atomic mass is 10.2. The molecule has 0 bridgehead atoms. The van der Waals surface area contributed by atoms with Gasteiger partial charge in [0.25, 0.3) is 15.9 Å². The van der Waals surface area contributed by atoms with E-state index in [9.17, 15) is 17.6 Å². The number of hydrogen-bond acceptors (Lipinski definition) is 4. The Morgan fingerprint density at radius 2 is 1.93 bits per heavy atom. The highest BCUT2D eigenvalue weighted by Gasteiger charge is 2.17. The molecule has 2 rings (SSSR count). The maximum absolute atomic E-state index is 13.7. The van der Waals surface area contributed by atoms with E-state index in [0.717, 1.165) is 12.6 Å². The lowest BCUT2D eigenvalue weighted by molar-refractivity contribution is 0.0950. The average Bonchev–Trinajstić information content (AvgIpc) is 2.62. The molecule has 0 aromatic heterocycles. The van der Waals surface area contributed by atoms with Crippen LogP contribution in [-0.2, 0) is 10.0 Å². The van der Waals surface area contributed by atoms with Crippen LogP contribution >= 0.6 is 0 Å². The molecule has 1 atom stereocenters. The third-order valence-corrected chi connectivity index (χ3v) is 5.33. The first-order valence-electron chi connectivity index (χ1n) is 8.63. The largest absolute Gasteiger partial charge is 0.350 e. The highest BCUT2D eigenvalue weighted by atomic mass is 32.2. The zero-order valence-electron chi connectivity index (χ0n) is 15.5. The molecule has 0 saturated carbocycles. The zero-order valence-corrected chi connectivity index (χ0v) is 16.4. The normalized spacial score (nSPS) is 12.4. The van der Waals surface area contributed by atoms with Gasteiger partial charge in [-0.1, -0.05) is 19.1 Å². The van der Waals surface area contributed by atoms with E-state index in [0.29, 0.717) is 17.7 Å². The summed E-state index contributed by atoms with van der Waals surface area (Å²) in [5.41, 5.74) is 0.914. The number of sulfonamides is 1. The minimum absolute atomic E-state index is 0.122. The van der Waals surface area contributed by atoms with E-state index in [1.165, 1.54) is 24.3 Å². The smallest absolute Gasteiger partial charge is 0.261 e. The molecule has 0 aliphatic carbocycles. The summed E-state index contributed by atoms with van der Waals surface area (Å²) in [4.78, 5) is 12.1. The predicted molar refractivity (Wildman–Crippen MR) is 104 cm³/mol. The standard InChI is InChI=1S/C19H24FN3O3S/c1-4-21-14(3)12-22-19(24)15-6-5-7-16(10-15)23-27(25,26)17-9-8-13(2)18(20)11-17/h5-11,14,21,23H,4,12H2,1-3H3,(H,22,24)/t14-/m1/s1. The van der Waals surface area contributed by atoms with Crippen LogP contribution in [0.5, 0.6) is 0 Å². The van der Waals surface area contributed by atoms with Crippen LogP contribution in [0, 0.1) is 12.7 Å². The second-order valence-corrected chi connectivity index (χ2v) is 7.95. The molecule has 8 heteroatoms. The Morgan fingerprint density at radius 1 is 1.19 bits per heavy atom. The minimum Gasteiger partial charge on any atom is -0.350 e. The molecule has 0 heterocycles. The number of hydrogen-bond donors (Lipinski definition) is 3. The van der Waals surface area contributed by atoms with E-state index < -0.39 is 15.8 Å². The molecule has 0 aliphatic heterocycles. The first kappa shape index (κ1) is 20.9. The van der Waals surface area contributed by atoms with Crippen LogP contribution < -0.4 is 15.4 Å². The Bertz CT molecular complexity index is 916. The number of carbonyl (C=O) groups excluding carboxylic acids is 1. The molecular weight excluding hydrogens is 369 g/mol. The second-order valence-electron chi connectivity index (χ2n) is 6.27. The van der Waals surface area contributed by atoms with Gasteiger partial charge in [-0.3, -0.25) is 9.52 Å². The number of benzene rings is 2. The molecular formula is C19H24FN3O3S. The van der Waals surface area contributed by atoms with Crippen molar-refractivity contribution in [3.63, 3.8) is 0 Å². The first-order chi connectivity index (χ1) is 12.7. The number of halogens is 1. The van der Waals surface area contributed by atoms with Crippen molar-refractivity contribution < 1.29 is 17.6 Å². The van der Waals surface area contributed by atoms with Crippen LogP contribution in [0.25, 0.3) is 0 Å². The maximum Gasteiger partial charge on any atom is 0.261 e. The van der Waals surface area contributed by atoms with Gasteiger partial charge in [0.2, 0.25) is 0 Å². The highest BCUT2D eigenvalue weighted by Crippen LogP contribution is 2.19. The van der Waals surface area contributed by atoms with Crippen molar-refractivity contribution in [3.8, 4) is 0 Å². The van der Waals surface area contributed by atoms with Gasteiger partial charge in [-0.15, -0.1) is 0 Å². The van der Waals surface area contributed by atoms with Crippen LogP contribution in [-0.4, -0.2) is 33.5 Å². The summed E-state index contributed by atoms with van der Waals surface area (Å²) in [5, 5.41) is 5.98. The van der Waals surface area contributed by atoms with Gasteiger partial charge >= 0.3 is 0 Å². The summed E-state index contributed by atoms with van der Waals surface area (Å²) in [6, 6.07) is 9.97.